The van der Waals surface area contributed by atoms with Gasteiger partial charge in [-0.1, -0.05) is 158 Å². The zero-order valence-corrected chi connectivity index (χ0v) is 33.6. The molecule has 0 saturated heterocycles. The SMILES string of the molecule is c1ccc(-c2ccc(-c3nc(-n4c5ccc(-c6cccc7c6sc6ccccc67)cc5c5c4ccc4c6ccccc6n(-c6ccccc6)c45)nc4ccccc34)cc2)cc1. The highest BCUT2D eigenvalue weighted by Gasteiger charge is 2.24. The Morgan fingerprint density at radius 2 is 1.02 bits per heavy atom. The van der Waals surface area contributed by atoms with Crippen molar-refractivity contribution in [3.63, 3.8) is 0 Å². The topological polar surface area (TPSA) is 35.6 Å². The lowest BCUT2D eigenvalue weighted by atomic mass is 10.00. The number of aromatic nitrogens is 4. The van der Waals surface area contributed by atoms with E-state index in [0.29, 0.717) is 5.95 Å². The molecular formula is C56H34N4S. The van der Waals surface area contributed by atoms with Gasteiger partial charge in [0, 0.05) is 58.4 Å². The summed E-state index contributed by atoms with van der Waals surface area (Å²) in [6.07, 6.45) is 0. The number of para-hydroxylation sites is 3. The Morgan fingerprint density at radius 3 is 1.87 bits per heavy atom. The van der Waals surface area contributed by atoms with E-state index in [2.05, 4.69) is 215 Å². The summed E-state index contributed by atoms with van der Waals surface area (Å²) in [5.74, 6) is 0.641. The van der Waals surface area contributed by atoms with Crippen molar-refractivity contribution in [3.05, 3.63) is 206 Å². The minimum atomic E-state index is 0.641. The molecular weight excluding hydrogens is 761 g/mol. The van der Waals surface area contributed by atoms with Crippen molar-refractivity contribution >= 4 is 86.0 Å². The number of nitrogens with zero attached hydrogens (tertiary/aromatic N) is 4. The van der Waals surface area contributed by atoms with Gasteiger partial charge >= 0.3 is 0 Å². The van der Waals surface area contributed by atoms with Gasteiger partial charge in [-0.25, -0.2) is 9.97 Å². The van der Waals surface area contributed by atoms with Gasteiger partial charge < -0.3 is 4.57 Å². The smallest absolute Gasteiger partial charge is 0.235 e. The highest BCUT2D eigenvalue weighted by atomic mass is 32.1. The van der Waals surface area contributed by atoms with E-state index >= 15 is 0 Å². The van der Waals surface area contributed by atoms with Gasteiger partial charge in [0.05, 0.1) is 33.3 Å². The summed E-state index contributed by atoms with van der Waals surface area (Å²) in [5.41, 5.74) is 13.2. The first-order chi connectivity index (χ1) is 30.3. The fraction of sp³-hybridized carbons (Fsp3) is 0. The van der Waals surface area contributed by atoms with Crippen LogP contribution in [0.2, 0.25) is 0 Å². The lowest BCUT2D eigenvalue weighted by Crippen LogP contribution is -2.03. The first kappa shape index (κ1) is 34.0. The summed E-state index contributed by atoms with van der Waals surface area (Å²) in [5, 5.41) is 8.37. The highest BCUT2D eigenvalue weighted by molar-refractivity contribution is 7.26. The first-order valence-electron chi connectivity index (χ1n) is 20.7. The zero-order valence-electron chi connectivity index (χ0n) is 32.8. The summed E-state index contributed by atoms with van der Waals surface area (Å²) in [4.78, 5) is 10.9. The predicted molar refractivity (Wildman–Crippen MR) is 257 cm³/mol. The molecule has 284 valence electrons. The molecule has 0 bridgehead atoms. The largest absolute Gasteiger partial charge is 0.309 e. The summed E-state index contributed by atoms with van der Waals surface area (Å²) in [6.45, 7) is 0. The van der Waals surface area contributed by atoms with Crippen LogP contribution in [0.1, 0.15) is 0 Å². The normalized spacial score (nSPS) is 11.9. The van der Waals surface area contributed by atoms with Crippen LogP contribution in [-0.4, -0.2) is 19.1 Å². The van der Waals surface area contributed by atoms with E-state index in [4.69, 9.17) is 9.97 Å². The van der Waals surface area contributed by atoms with E-state index in [1.165, 1.54) is 69.6 Å². The molecule has 0 aliphatic carbocycles. The van der Waals surface area contributed by atoms with Gasteiger partial charge in [0.15, 0.2) is 0 Å². The molecule has 4 aromatic heterocycles. The molecule has 0 amide bonds. The second-order valence-corrected chi connectivity index (χ2v) is 16.8. The zero-order chi connectivity index (χ0) is 40.0. The third kappa shape index (κ3) is 5.18. The first-order valence-corrected chi connectivity index (χ1v) is 21.5. The summed E-state index contributed by atoms with van der Waals surface area (Å²) in [7, 11) is 0. The van der Waals surface area contributed by atoms with E-state index in [0.717, 1.165) is 44.3 Å². The molecule has 0 radical (unpaired) electrons. The second-order valence-electron chi connectivity index (χ2n) is 15.7. The molecule has 13 rings (SSSR count). The van der Waals surface area contributed by atoms with Crippen LogP contribution in [0.15, 0.2) is 206 Å². The minimum absolute atomic E-state index is 0.641. The lowest BCUT2D eigenvalue weighted by Gasteiger charge is -2.12. The molecule has 0 spiro atoms. The standard InChI is InChI=1S/C56H34N4S/c1-3-14-35(15-4-1)36-26-28-37(29-27-36)53-45-20-7-10-23-47(45)57-56(58-53)60-49-32-30-38(40-21-13-22-44-42-19-9-12-25-51(42)61-55(40)44)34-46(49)52-50(60)33-31-43-41-18-8-11-24-48(41)59(54(43)52)39-16-5-2-6-17-39/h1-34H. The molecule has 0 aliphatic rings. The Morgan fingerprint density at radius 1 is 0.377 bits per heavy atom. The molecule has 9 aromatic carbocycles. The monoisotopic (exact) mass is 794 g/mol. The van der Waals surface area contributed by atoms with E-state index in [1.807, 2.05) is 11.3 Å². The molecule has 0 N–H and O–H groups in total. The number of rotatable bonds is 5. The third-order valence-corrected chi connectivity index (χ3v) is 13.6. The van der Waals surface area contributed by atoms with Crippen LogP contribution in [0.4, 0.5) is 0 Å². The quantitative estimate of drug-likeness (QED) is 0.174. The molecule has 0 fully saturated rings. The maximum Gasteiger partial charge on any atom is 0.235 e. The lowest BCUT2D eigenvalue weighted by molar-refractivity contribution is 1.01. The molecule has 5 heteroatoms. The van der Waals surface area contributed by atoms with E-state index in [1.54, 1.807) is 0 Å². The summed E-state index contributed by atoms with van der Waals surface area (Å²) in [6, 6.07) is 74.2. The van der Waals surface area contributed by atoms with Gasteiger partial charge in [-0.05, 0) is 70.8 Å². The number of fused-ring (bicyclic) bond motifs is 11. The molecule has 0 atom stereocenters. The van der Waals surface area contributed by atoms with Gasteiger partial charge in [0.2, 0.25) is 5.95 Å². The molecule has 4 nitrogen and oxygen atoms in total. The van der Waals surface area contributed by atoms with Crippen LogP contribution in [0.3, 0.4) is 0 Å². The van der Waals surface area contributed by atoms with Crippen LogP contribution < -0.4 is 0 Å². The van der Waals surface area contributed by atoms with Crippen LogP contribution in [0, 0.1) is 0 Å². The molecule has 13 aromatic rings. The highest BCUT2D eigenvalue weighted by Crippen LogP contribution is 2.45. The minimum Gasteiger partial charge on any atom is -0.309 e. The van der Waals surface area contributed by atoms with E-state index in [-0.39, 0.29) is 0 Å². The van der Waals surface area contributed by atoms with Crippen molar-refractivity contribution in [2.24, 2.45) is 0 Å². The van der Waals surface area contributed by atoms with Crippen molar-refractivity contribution < 1.29 is 0 Å². The molecule has 4 heterocycles. The van der Waals surface area contributed by atoms with Crippen molar-refractivity contribution in [3.8, 4) is 45.1 Å². The molecule has 0 unspecified atom stereocenters. The molecule has 61 heavy (non-hydrogen) atoms. The maximum atomic E-state index is 5.51. The van der Waals surface area contributed by atoms with Crippen LogP contribution in [-0.2, 0) is 0 Å². The number of hydrogen-bond acceptors (Lipinski definition) is 3. The van der Waals surface area contributed by atoms with Crippen LogP contribution >= 0.6 is 11.3 Å². The molecule has 0 aliphatic heterocycles. The average Bonchev–Trinajstić information content (AvgIpc) is 3.99. The van der Waals surface area contributed by atoms with E-state index in [9.17, 15) is 0 Å². The van der Waals surface area contributed by atoms with Crippen LogP contribution in [0.25, 0.3) is 120 Å². The number of hydrogen-bond donors (Lipinski definition) is 0. The second kappa shape index (κ2) is 13.3. The summed E-state index contributed by atoms with van der Waals surface area (Å²) < 4.78 is 7.33. The van der Waals surface area contributed by atoms with Crippen molar-refractivity contribution in [1.82, 2.24) is 19.1 Å². The van der Waals surface area contributed by atoms with Gasteiger partial charge in [-0.3, -0.25) is 4.57 Å². The van der Waals surface area contributed by atoms with Gasteiger partial charge in [-0.15, -0.1) is 11.3 Å². The fourth-order valence-corrected chi connectivity index (χ4v) is 10.8. The van der Waals surface area contributed by atoms with Crippen molar-refractivity contribution in [1.29, 1.82) is 0 Å². The van der Waals surface area contributed by atoms with Gasteiger partial charge in [0.1, 0.15) is 0 Å². The number of benzene rings is 9. The Kier molecular flexibility index (Phi) is 7.44. The third-order valence-electron chi connectivity index (χ3n) is 12.3. The Hall–Kier alpha value is -7.86. The Labute approximate surface area is 354 Å². The average molecular weight is 795 g/mol. The Balaban J connectivity index is 1.13. The maximum absolute atomic E-state index is 5.51. The summed E-state index contributed by atoms with van der Waals surface area (Å²) >= 11 is 1.87. The van der Waals surface area contributed by atoms with E-state index < -0.39 is 0 Å². The van der Waals surface area contributed by atoms with Crippen molar-refractivity contribution in [2.45, 2.75) is 0 Å². The predicted octanol–water partition coefficient (Wildman–Crippen LogP) is 15.2. The fourth-order valence-electron chi connectivity index (χ4n) is 9.60. The van der Waals surface area contributed by atoms with Crippen LogP contribution in [0.5, 0.6) is 0 Å². The van der Waals surface area contributed by atoms with Crippen molar-refractivity contribution in [2.75, 3.05) is 0 Å². The molecule has 0 saturated carbocycles. The number of thiophene rings is 1. The van der Waals surface area contributed by atoms with Gasteiger partial charge in [0.25, 0.3) is 0 Å². The van der Waals surface area contributed by atoms with Gasteiger partial charge in [-0.2, -0.15) is 0 Å². The Bertz CT molecular complexity index is 3860.